The largest absolute Gasteiger partial charge is 0.379 e. The van der Waals surface area contributed by atoms with Crippen molar-refractivity contribution in [3.8, 4) is 0 Å². The lowest BCUT2D eigenvalue weighted by atomic mass is 10.1. The Kier molecular flexibility index (Phi) is 4.52. The van der Waals surface area contributed by atoms with Gasteiger partial charge in [0.2, 0.25) is 11.8 Å². The molecule has 1 unspecified atom stereocenters. The molecule has 2 fully saturated rings. The summed E-state index contributed by atoms with van der Waals surface area (Å²) in [5, 5.41) is 4.78. The van der Waals surface area contributed by atoms with E-state index in [0.717, 1.165) is 18.0 Å². The molecule has 0 saturated carbocycles. The molecule has 2 amide bonds. The van der Waals surface area contributed by atoms with Gasteiger partial charge in [0.05, 0.1) is 19.8 Å². The normalized spacial score (nSPS) is 23.9. The molecule has 1 aromatic rings. The van der Waals surface area contributed by atoms with Crippen molar-refractivity contribution in [1.82, 2.24) is 15.1 Å². The van der Waals surface area contributed by atoms with E-state index in [1.165, 1.54) is 11.3 Å². The Morgan fingerprint density at radius 2 is 2.19 bits per heavy atom. The third-order valence-corrected chi connectivity index (χ3v) is 4.73. The molecule has 0 bridgehead atoms. The number of thiophene rings is 1. The van der Waals surface area contributed by atoms with E-state index in [2.05, 4.69) is 10.2 Å². The smallest absolute Gasteiger partial charge is 0.248 e. The van der Waals surface area contributed by atoms with Gasteiger partial charge in [-0.2, -0.15) is 0 Å². The number of hydrogen-bond donors (Lipinski definition) is 1. The van der Waals surface area contributed by atoms with Gasteiger partial charge in [0.15, 0.2) is 0 Å². The first-order valence-corrected chi connectivity index (χ1v) is 8.04. The Labute approximate surface area is 127 Å². The van der Waals surface area contributed by atoms with Gasteiger partial charge in [-0.25, -0.2) is 0 Å². The van der Waals surface area contributed by atoms with Crippen LogP contribution in [0.4, 0.5) is 0 Å². The summed E-state index contributed by atoms with van der Waals surface area (Å²) in [6.45, 7) is 4.33. The van der Waals surface area contributed by atoms with Crippen molar-refractivity contribution in [1.29, 1.82) is 0 Å². The summed E-state index contributed by atoms with van der Waals surface area (Å²) in [5.74, 6) is -0.0656. The second-order valence-corrected chi connectivity index (χ2v) is 6.16. The van der Waals surface area contributed by atoms with Crippen molar-refractivity contribution in [3.63, 3.8) is 0 Å². The van der Waals surface area contributed by atoms with Gasteiger partial charge < -0.3 is 15.0 Å². The number of nitrogens with one attached hydrogen (secondary N) is 1. The molecule has 2 aliphatic rings. The fourth-order valence-electron chi connectivity index (χ4n) is 2.71. The van der Waals surface area contributed by atoms with Crippen molar-refractivity contribution in [2.24, 2.45) is 0 Å². The van der Waals surface area contributed by atoms with Crippen molar-refractivity contribution in [2.75, 3.05) is 45.9 Å². The zero-order chi connectivity index (χ0) is 14.7. The average molecular weight is 309 g/mol. The third-order valence-electron chi connectivity index (χ3n) is 3.81. The van der Waals surface area contributed by atoms with Crippen LogP contribution in [0.25, 0.3) is 0 Å². The summed E-state index contributed by atoms with van der Waals surface area (Å²) in [4.78, 5) is 29.5. The fraction of sp³-hybridized carbons (Fsp3) is 0.571. The number of nitrogens with zero attached hydrogens (tertiary/aromatic N) is 2. The minimum absolute atomic E-state index is 0.0187. The van der Waals surface area contributed by atoms with Crippen LogP contribution in [0.3, 0.4) is 0 Å². The van der Waals surface area contributed by atoms with Gasteiger partial charge in [-0.05, 0) is 11.4 Å². The Bertz CT molecular complexity index is 500. The number of rotatable bonds is 3. The van der Waals surface area contributed by atoms with Gasteiger partial charge in [0.25, 0.3) is 0 Å². The first-order chi connectivity index (χ1) is 10.3. The van der Waals surface area contributed by atoms with Crippen molar-refractivity contribution >= 4 is 23.2 Å². The van der Waals surface area contributed by atoms with Gasteiger partial charge >= 0.3 is 0 Å². The number of amides is 2. The van der Waals surface area contributed by atoms with Crippen LogP contribution >= 0.6 is 11.3 Å². The van der Waals surface area contributed by atoms with Gasteiger partial charge in [-0.1, -0.05) is 6.07 Å². The molecule has 1 aromatic heterocycles. The minimum atomic E-state index is -0.479. The molecular formula is C14H19N3O3S. The van der Waals surface area contributed by atoms with E-state index in [0.29, 0.717) is 32.8 Å². The Hall–Kier alpha value is -1.44. The maximum Gasteiger partial charge on any atom is 0.248 e. The van der Waals surface area contributed by atoms with Gasteiger partial charge in [-0.3, -0.25) is 14.5 Å². The van der Waals surface area contributed by atoms with E-state index >= 15 is 0 Å². The first kappa shape index (κ1) is 14.5. The highest BCUT2D eigenvalue weighted by molar-refractivity contribution is 7.10. The molecule has 2 aliphatic heterocycles. The van der Waals surface area contributed by atoms with Crippen LogP contribution in [0.2, 0.25) is 0 Å². The number of piperazine rings is 1. The highest BCUT2D eigenvalue weighted by Crippen LogP contribution is 2.27. The highest BCUT2D eigenvalue weighted by Gasteiger charge is 2.35. The number of carbonyl (C=O) groups is 2. The van der Waals surface area contributed by atoms with E-state index in [9.17, 15) is 9.59 Å². The summed E-state index contributed by atoms with van der Waals surface area (Å²) in [5.41, 5.74) is 0. The van der Waals surface area contributed by atoms with Gasteiger partial charge in [-0.15, -0.1) is 11.3 Å². The summed E-state index contributed by atoms with van der Waals surface area (Å²) < 4.78 is 5.29. The number of hydrogen-bond acceptors (Lipinski definition) is 5. The molecule has 0 radical (unpaired) electrons. The van der Waals surface area contributed by atoms with Crippen LogP contribution < -0.4 is 5.32 Å². The molecule has 0 aliphatic carbocycles. The summed E-state index contributed by atoms with van der Waals surface area (Å²) in [6.07, 6.45) is 0. The molecular weight excluding hydrogens is 290 g/mol. The molecule has 6 nitrogen and oxygen atoms in total. The molecule has 1 atom stereocenters. The average Bonchev–Trinajstić information content (AvgIpc) is 3.02. The SMILES string of the molecule is O=C1NCCN(C(=O)CN2CCOCC2)C1c1cccs1. The Morgan fingerprint density at radius 3 is 2.90 bits per heavy atom. The van der Waals surface area contributed by atoms with Gasteiger partial charge in [0.1, 0.15) is 6.04 Å². The molecule has 21 heavy (non-hydrogen) atoms. The quantitative estimate of drug-likeness (QED) is 0.859. The van der Waals surface area contributed by atoms with E-state index in [1.807, 2.05) is 17.5 Å². The topological polar surface area (TPSA) is 61.9 Å². The Balaban J connectivity index is 1.71. The first-order valence-electron chi connectivity index (χ1n) is 7.16. The Morgan fingerprint density at radius 1 is 1.38 bits per heavy atom. The van der Waals surface area contributed by atoms with Crippen LogP contribution in [0, 0.1) is 0 Å². The lowest BCUT2D eigenvalue weighted by molar-refractivity contribution is -0.144. The van der Waals surface area contributed by atoms with E-state index in [-0.39, 0.29) is 11.8 Å². The van der Waals surface area contributed by atoms with Crippen LogP contribution in [0.15, 0.2) is 17.5 Å². The van der Waals surface area contributed by atoms with Crippen molar-refractivity contribution in [2.45, 2.75) is 6.04 Å². The summed E-state index contributed by atoms with van der Waals surface area (Å²) in [6, 6.07) is 3.34. The second-order valence-electron chi connectivity index (χ2n) is 5.18. The van der Waals surface area contributed by atoms with E-state index in [4.69, 9.17) is 4.74 Å². The second kappa shape index (κ2) is 6.55. The number of ether oxygens (including phenoxy) is 1. The number of carbonyl (C=O) groups excluding carboxylic acids is 2. The lowest BCUT2D eigenvalue weighted by Crippen LogP contribution is -2.54. The zero-order valence-electron chi connectivity index (χ0n) is 11.8. The van der Waals surface area contributed by atoms with E-state index in [1.54, 1.807) is 4.90 Å². The molecule has 2 saturated heterocycles. The number of morpholine rings is 1. The molecule has 3 rings (SSSR count). The van der Waals surface area contributed by atoms with Crippen LogP contribution in [-0.4, -0.2) is 67.6 Å². The maximum absolute atomic E-state index is 12.6. The lowest BCUT2D eigenvalue weighted by Gasteiger charge is -2.36. The molecule has 1 N–H and O–H groups in total. The maximum atomic E-state index is 12.6. The van der Waals surface area contributed by atoms with Gasteiger partial charge in [0, 0.05) is 31.1 Å². The van der Waals surface area contributed by atoms with Crippen molar-refractivity contribution < 1.29 is 14.3 Å². The van der Waals surface area contributed by atoms with Crippen molar-refractivity contribution in [3.05, 3.63) is 22.4 Å². The third kappa shape index (κ3) is 3.25. The zero-order valence-corrected chi connectivity index (χ0v) is 12.6. The monoisotopic (exact) mass is 309 g/mol. The predicted octanol–water partition coefficient (Wildman–Crippen LogP) is 0.0798. The molecule has 114 valence electrons. The summed E-state index contributed by atoms with van der Waals surface area (Å²) >= 11 is 1.51. The fourth-order valence-corrected chi connectivity index (χ4v) is 3.54. The predicted molar refractivity (Wildman–Crippen MR) is 79.0 cm³/mol. The molecule has 0 spiro atoms. The van der Waals surface area contributed by atoms with E-state index < -0.39 is 6.04 Å². The van der Waals surface area contributed by atoms with Crippen LogP contribution in [-0.2, 0) is 14.3 Å². The molecule has 3 heterocycles. The standard InChI is InChI=1S/C14H19N3O3S/c18-12(10-16-5-7-20-8-6-16)17-4-3-15-14(19)13(17)11-2-1-9-21-11/h1-2,9,13H,3-8,10H2,(H,15,19). The highest BCUT2D eigenvalue weighted by atomic mass is 32.1. The van der Waals surface area contributed by atoms with Crippen LogP contribution in [0.1, 0.15) is 10.9 Å². The summed E-state index contributed by atoms with van der Waals surface area (Å²) in [7, 11) is 0. The molecule has 7 heteroatoms. The molecule has 0 aromatic carbocycles. The van der Waals surface area contributed by atoms with Crippen LogP contribution in [0.5, 0.6) is 0 Å². The minimum Gasteiger partial charge on any atom is -0.379 e.